The molecule has 148 valence electrons. The molecule has 2 amide bonds. The first-order valence-electron chi connectivity index (χ1n) is 9.08. The van der Waals surface area contributed by atoms with Gasteiger partial charge in [0.25, 0.3) is 5.91 Å². The van der Waals surface area contributed by atoms with Gasteiger partial charge in [0, 0.05) is 21.8 Å². The minimum Gasteiger partial charge on any atom is -0.497 e. The Morgan fingerprint density at radius 3 is 2.31 bits per heavy atom. The van der Waals surface area contributed by atoms with E-state index in [0.29, 0.717) is 17.0 Å². The SMILES string of the molecule is COc1ccc(C(=O)Nc2cccc(SCC(=O)Nc3ccc(C)cc3)c2)cc1. The number of methoxy groups -OCH3 is 1. The zero-order valence-corrected chi connectivity index (χ0v) is 17.1. The number of carbonyl (C=O) groups is 2. The van der Waals surface area contributed by atoms with E-state index in [0.717, 1.165) is 16.1 Å². The predicted molar refractivity (Wildman–Crippen MR) is 118 cm³/mol. The Morgan fingerprint density at radius 1 is 0.897 bits per heavy atom. The Bertz CT molecular complexity index is 986. The Hall–Kier alpha value is -3.25. The molecule has 0 unspecified atom stereocenters. The Balaban J connectivity index is 1.55. The zero-order valence-electron chi connectivity index (χ0n) is 16.3. The van der Waals surface area contributed by atoms with Gasteiger partial charge in [0.05, 0.1) is 12.9 Å². The van der Waals surface area contributed by atoms with E-state index in [2.05, 4.69) is 10.6 Å². The smallest absolute Gasteiger partial charge is 0.255 e. The van der Waals surface area contributed by atoms with Crippen LogP contribution < -0.4 is 15.4 Å². The highest BCUT2D eigenvalue weighted by Gasteiger charge is 2.08. The van der Waals surface area contributed by atoms with Crippen molar-refractivity contribution in [2.24, 2.45) is 0 Å². The summed E-state index contributed by atoms with van der Waals surface area (Å²) >= 11 is 1.41. The number of nitrogens with one attached hydrogen (secondary N) is 2. The number of amides is 2. The lowest BCUT2D eigenvalue weighted by molar-refractivity contribution is -0.113. The number of benzene rings is 3. The molecule has 6 heteroatoms. The molecular weight excluding hydrogens is 384 g/mol. The Morgan fingerprint density at radius 2 is 1.62 bits per heavy atom. The highest BCUT2D eigenvalue weighted by atomic mass is 32.2. The number of thioether (sulfide) groups is 1. The fraction of sp³-hybridized carbons (Fsp3) is 0.130. The van der Waals surface area contributed by atoms with Crippen LogP contribution in [0.1, 0.15) is 15.9 Å². The lowest BCUT2D eigenvalue weighted by Crippen LogP contribution is -2.14. The summed E-state index contributed by atoms with van der Waals surface area (Å²) in [5.41, 5.74) is 3.14. The lowest BCUT2D eigenvalue weighted by atomic mass is 10.2. The van der Waals surface area contributed by atoms with Gasteiger partial charge < -0.3 is 15.4 Å². The largest absolute Gasteiger partial charge is 0.497 e. The van der Waals surface area contributed by atoms with Crippen LogP contribution in [0.15, 0.2) is 77.7 Å². The summed E-state index contributed by atoms with van der Waals surface area (Å²) in [5.74, 6) is 0.700. The first-order chi connectivity index (χ1) is 14.0. The molecule has 0 radical (unpaired) electrons. The summed E-state index contributed by atoms with van der Waals surface area (Å²) in [6.45, 7) is 2.00. The standard InChI is InChI=1S/C23H22N2O3S/c1-16-6-10-18(11-7-16)24-22(26)15-29-21-5-3-4-19(14-21)25-23(27)17-8-12-20(28-2)13-9-17/h3-14H,15H2,1-2H3,(H,24,26)(H,25,27). The Kier molecular flexibility index (Phi) is 6.92. The van der Waals surface area contributed by atoms with Gasteiger partial charge in [-0.2, -0.15) is 0 Å². The van der Waals surface area contributed by atoms with Crippen LogP contribution in [0, 0.1) is 6.92 Å². The predicted octanol–water partition coefficient (Wildman–Crippen LogP) is 4.99. The second-order valence-electron chi connectivity index (χ2n) is 6.41. The van der Waals surface area contributed by atoms with E-state index in [1.165, 1.54) is 11.8 Å². The number of rotatable bonds is 7. The van der Waals surface area contributed by atoms with Crippen LogP contribution in [0.5, 0.6) is 5.75 Å². The molecule has 3 aromatic rings. The lowest BCUT2D eigenvalue weighted by Gasteiger charge is -2.09. The third-order valence-electron chi connectivity index (χ3n) is 4.15. The summed E-state index contributed by atoms with van der Waals surface area (Å²) in [5, 5.41) is 5.75. The molecule has 0 heterocycles. The number of aryl methyl sites for hydroxylation is 1. The maximum Gasteiger partial charge on any atom is 0.255 e. The van der Waals surface area contributed by atoms with Gasteiger partial charge in [-0.25, -0.2) is 0 Å². The fourth-order valence-electron chi connectivity index (χ4n) is 2.59. The molecular formula is C23H22N2O3S. The number of anilines is 2. The van der Waals surface area contributed by atoms with Crippen LogP contribution >= 0.6 is 11.8 Å². The quantitative estimate of drug-likeness (QED) is 0.543. The molecule has 0 fully saturated rings. The number of hydrogen-bond donors (Lipinski definition) is 2. The van der Waals surface area contributed by atoms with Crippen molar-refractivity contribution < 1.29 is 14.3 Å². The summed E-state index contributed by atoms with van der Waals surface area (Å²) in [7, 11) is 1.58. The summed E-state index contributed by atoms with van der Waals surface area (Å²) in [6.07, 6.45) is 0. The maximum atomic E-state index is 12.4. The van der Waals surface area contributed by atoms with Crippen molar-refractivity contribution in [3.63, 3.8) is 0 Å². The van der Waals surface area contributed by atoms with Crippen LogP contribution in [-0.4, -0.2) is 24.7 Å². The Labute approximate surface area is 174 Å². The molecule has 2 N–H and O–H groups in total. The normalized spacial score (nSPS) is 10.3. The van der Waals surface area contributed by atoms with Crippen molar-refractivity contribution in [2.75, 3.05) is 23.5 Å². The second kappa shape index (κ2) is 9.80. The van der Waals surface area contributed by atoms with E-state index in [9.17, 15) is 9.59 Å². The van der Waals surface area contributed by atoms with Gasteiger partial charge in [-0.15, -0.1) is 11.8 Å². The second-order valence-corrected chi connectivity index (χ2v) is 7.46. The van der Waals surface area contributed by atoms with Gasteiger partial charge in [-0.05, 0) is 61.5 Å². The van der Waals surface area contributed by atoms with Gasteiger partial charge in [-0.1, -0.05) is 23.8 Å². The van der Waals surface area contributed by atoms with Crippen molar-refractivity contribution in [3.8, 4) is 5.75 Å². The monoisotopic (exact) mass is 406 g/mol. The maximum absolute atomic E-state index is 12.4. The zero-order chi connectivity index (χ0) is 20.6. The first kappa shape index (κ1) is 20.5. The molecule has 0 saturated heterocycles. The molecule has 0 aliphatic carbocycles. The van der Waals surface area contributed by atoms with Crippen LogP contribution in [0.3, 0.4) is 0 Å². The first-order valence-corrected chi connectivity index (χ1v) is 10.1. The van der Waals surface area contributed by atoms with Gasteiger partial charge in [0.1, 0.15) is 5.75 Å². The van der Waals surface area contributed by atoms with Crippen LogP contribution in [0.25, 0.3) is 0 Å². The third-order valence-corrected chi connectivity index (χ3v) is 5.14. The van der Waals surface area contributed by atoms with E-state index >= 15 is 0 Å². The van der Waals surface area contributed by atoms with Gasteiger partial charge in [0.2, 0.25) is 5.91 Å². The highest BCUT2D eigenvalue weighted by Crippen LogP contribution is 2.23. The minimum absolute atomic E-state index is 0.0773. The molecule has 29 heavy (non-hydrogen) atoms. The average Bonchev–Trinajstić information content (AvgIpc) is 2.74. The van der Waals surface area contributed by atoms with Crippen molar-refractivity contribution in [2.45, 2.75) is 11.8 Å². The summed E-state index contributed by atoms with van der Waals surface area (Å²) in [6, 6.07) is 22.0. The molecule has 0 aliphatic rings. The number of hydrogen-bond acceptors (Lipinski definition) is 4. The van der Waals surface area contributed by atoms with Gasteiger partial charge >= 0.3 is 0 Å². The molecule has 0 aromatic heterocycles. The number of carbonyl (C=O) groups excluding carboxylic acids is 2. The molecule has 0 saturated carbocycles. The molecule has 0 atom stereocenters. The van der Waals surface area contributed by atoms with Crippen LogP contribution in [0.2, 0.25) is 0 Å². The van der Waals surface area contributed by atoms with Crippen LogP contribution in [-0.2, 0) is 4.79 Å². The van der Waals surface area contributed by atoms with Gasteiger partial charge in [0.15, 0.2) is 0 Å². The molecule has 3 rings (SSSR count). The molecule has 3 aromatic carbocycles. The van der Waals surface area contributed by atoms with Crippen molar-refractivity contribution in [1.82, 2.24) is 0 Å². The van der Waals surface area contributed by atoms with E-state index in [4.69, 9.17) is 4.74 Å². The van der Waals surface area contributed by atoms with E-state index in [1.54, 1.807) is 31.4 Å². The van der Waals surface area contributed by atoms with E-state index < -0.39 is 0 Å². The molecule has 5 nitrogen and oxygen atoms in total. The minimum atomic E-state index is -0.202. The van der Waals surface area contributed by atoms with Crippen LogP contribution in [0.4, 0.5) is 11.4 Å². The average molecular weight is 407 g/mol. The highest BCUT2D eigenvalue weighted by molar-refractivity contribution is 8.00. The van der Waals surface area contributed by atoms with E-state index in [1.807, 2.05) is 55.5 Å². The van der Waals surface area contributed by atoms with Crippen molar-refractivity contribution >= 4 is 35.0 Å². The fourth-order valence-corrected chi connectivity index (χ4v) is 3.35. The molecule has 0 aliphatic heterocycles. The molecule has 0 spiro atoms. The van der Waals surface area contributed by atoms with E-state index in [-0.39, 0.29) is 17.6 Å². The third kappa shape index (κ3) is 6.12. The van der Waals surface area contributed by atoms with Gasteiger partial charge in [-0.3, -0.25) is 9.59 Å². The topological polar surface area (TPSA) is 67.4 Å². The molecule has 0 bridgehead atoms. The van der Waals surface area contributed by atoms with Crippen molar-refractivity contribution in [1.29, 1.82) is 0 Å². The number of ether oxygens (including phenoxy) is 1. The summed E-state index contributed by atoms with van der Waals surface area (Å²) in [4.78, 5) is 25.5. The summed E-state index contributed by atoms with van der Waals surface area (Å²) < 4.78 is 5.10. The van der Waals surface area contributed by atoms with Crippen molar-refractivity contribution in [3.05, 3.63) is 83.9 Å².